The Balaban J connectivity index is 1.58. The standard InChI is InChI=1S/C28H32N2O4S/c1-4-34-26-14-12-25(13-15-26)30(35(32,33)27-16-8-20(2)9-17-27)19-28(31)29-21(3)23-11-10-22-6-5-7-24(22)18-23/h8-18,21H,4-7,19H2,1-3H3,(H,29,31). The minimum atomic E-state index is -3.97. The average Bonchev–Trinajstić information content (AvgIpc) is 3.31. The molecule has 0 saturated carbocycles. The van der Waals surface area contributed by atoms with Gasteiger partial charge in [-0.1, -0.05) is 35.9 Å². The molecule has 0 heterocycles. The highest BCUT2D eigenvalue weighted by molar-refractivity contribution is 7.92. The lowest BCUT2D eigenvalue weighted by Gasteiger charge is -2.25. The molecule has 0 aliphatic heterocycles. The highest BCUT2D eigenvalue weighted by Gasteiger charge is 2.28. The summed E-state index contributed by atoms with van der Waals surface area (Å²) in [4.78, 5) is 13.2. The van der Waals surface area contributed by atoms with Crippen molar-refractivity contribution >= 4 is 21.6 Å². The zero-order valence-electron chi connectivity index (χ0n) is 20.5. The number of amides is 1. The lowest BCUT2D eigenvalue weighted by atomic mass is 10.0. The van der Waals surface area contributed by atoms with Gasteiger partial charge in [-0.05, 0) is 93.1 Å². The molecule has 35 heavy (non-hydrogen) atoms. The first-order valence-electron chi connectivity index (χ1n) is 12.0. The van der Waals surface area contributed by atoms with E-state index in [-0.39, 0.29) is 23.4 Å². The van der Waals surface area contributed by atoms with Crippen LogP contribution in [0.25, 0.3) is 0 Å². The first-order chi connectivity index (χ1) is 16.8. The van der Waals surface area contributed by atoms with Crippen molar-refractivity contribution in [1.82, 2.24) is 5.32 Å². The number of carbonyl (C=O) groups is 1. The molecule has 1 atom stereocenters. The molecular formula is C28H32N2O4S. The fraction of sp³-hybridized carbons (Fsp3) is 0.321. The molecule has 4 rings (SSSR count). The van der Waals surface area contributed by atoms with Crippen LogP contribution in [0.2, 0.25) is 0 Å². The van der Waals surface area contributed by atoms with Crippen molar-refractivity contribution in [3.8, 4) is 5.75 Å². The van der Waals surface area contributed by atoms with E-state index in [4.69, 9.17) is 4.74 Å². The third-order valence-corrected chi connectivity index (χ3v) is 8.12. The summed E-state index contributed by atoms with van der Waals surface area (Å²) in [5.74, 6) is 0.265. The van der Waals surface area contributed by atoms with Crippen molar-refractivity contribution in [3.05, 3.63) is 89.0 Å². The smallest absolute Gasteiger partial charge is 0.264 e. The Hall–Kier alpha value is -3.32. The molecule has 0 aromatic heterocycles. The molecule has 1 aliphatic carbocycles. The topological polar surface area (TPSA) is 75.7 Å². The number of nitrogens with zero attached hydrogens (tertiary/aromatic N) is 1. The normalized spacial score (nSPS) is 13.7. The van der Waals surface area contributed by atoms with Gasteiger partial charge in [0.15, 0.2) is 0 Å². The number of aryl methyl sites for hydroxylation is 3. The van der Waals surface area contributed by atoms with E-state index in [1.807, 2.05) is 26.8 Å². The Bertz CT molecular complexity index is 1290. The van der Waals surface area contributed by atoms with Gasteiger partial charge in [-0.2, -0.15) is 0 Å². The Morgan fingerprint density at radius 2 is 1.69 bits per heavy atom. The van der Waals surface area contributed by atoms with E-state index in [1.165, 1.54) is 11.1 Å². The Morgan fingerprint density at radius 1 is 1.00 bits per heavy atom. The number of anilines is 1. The molecule has 0 spiro atoms. The van der Waals surface area contributed by atoms with Gasteiger partial charge >= 0.3 is 0 Å². The fourth-order valence-electron chi connectivity index (χ4n) is 4.39. The molecule has 1 aliphatic rings. The summed E-state index contributed by atoms with van der Waals surface area (Å²) in [5, 5.41) is 2.98. The van der Waals surface area contributed by atoms with Gasteiger partial charge in [0.1, 0.15) is 12.3 Å². The first kappa shape index (κ1) is 24.8. The number of fused-ring (bicyclic) bond motifs is 1. The van der Waals surface area contributed by atoms with Gasteiger partial charge in [0, 0.05) is 0 Å². The Kier molecular flexibility index (Phi) is 7.45. The predicted octanol–water partition coefficient (Wildman–Crippen LogP) is 4.96. The number of rotatable bonds is 9. The van der Waals surface area contributed by atoms with Crippen LogP contribution in [0.15, 0.2) is 71.6 Å². The molecule has 184 valence electrons. The average molecular weight is 493 g/mol. The summed E-state index contributed by atoms with van der Waals surface area (Å²) >= 11 is 0. The van der Waals surface area contributed by atoms with Crippen LogP contribution in [-0.4, -0.2) is 27.5 Å². The minimum Gasteiger partial charge on any atom is -0.494 e. The predicted molar refractivity (Wildman–Crippen MR) is 138 cm³/mol. The molecule has 0 radical (unpaired) electrons. The molecule has 7 heteroatoms. The van der Waals surface area contributed by atoms with Crippen molar-refractivity contribution in [2.75, 3.05) is 17.5 Å². The fourth-order valence-corrected chi connectivity index (χ4v) is 5.81. The highest BCUT2D eigenvalue weighted by Crippen LogP contribution is 2.27. The van der Waals surface area contributed by atoms with Crippen LogP contribution in [0.4, 0.5) is 5.69 Å². The summed E-state index contributed by atoms with van der Waals surface area (Å²) in [6.07, 6.45) is 3.32. The van der Waals surface area contributed by atoms with Crippen LogP contribution in [0, 0.1) is 6.92 Å². The third-order valence-electron chi connectivity index (χ3n) is 6.33. The van der Waals surface area contributed by atoms with Crippen LogP contribution >= 0.6 is 0 Å². The van der Waals surface area contributed by atoms with Crippen molar-refractivity contribution in [2.24, 2.45) is 0 Å². The van der Waals surface area contributed by atoms with Gasteiger partial charge in [-0.25, -0.2) is 8.42 Å². The van der Waals surface area contributed by atoms with Gasteiger partial charge in [-0.15, -0.1) is 0 Å². The monoisotopic (exact) mass is 492 g/mol. The maximum Gasteiger partial charge on any atom is 0.264 e. The number of hydrogen-bond acceptors (Lipinski definition) is 4. The van der Waals surface area contributed by atoms with Gasteiger partial charge in [0.05, 0.1) is 23.2 Å². The van der Waals surface area contributed by atoms with E-state index in [2.05, 4.69) is 17.4 Å². The van der Waals surface area contributed by atoms with Crippen LogP contribution < -0.4 is 14.4 Å². The van der Waals surface area contributed by atoms with E-state index in [0.717, 1.165) is 34.7 Å². The number of carbonyl (C=O) groups excluding carboxylic acids is 1. The van der Waals surface area contributed by atoms with E-state index in [0.29, 0.717) is 18.0 Å². The number of hydrogen-bond donors (Lipinski definition) is 1. The maximum absolute atomic E-state index is 13.6. The molecule has 3 aromatic carbocycles. The van der Waals surface area contributed by atoms with Crippen LogP contribution in [0.1, 0.15) is 48.6 Å². The molecule has 0 fully saturated rings. The largest absolute Gasteiger partial charge is 0.494 e. The molecule has 6 nitrogen and oxygen atoms in total. The molecule has 0 saturated heterocycles. The van der Waals surface area contributed by atoms with E-state index in [9.17, 15) is 13.2 Å². The van der Waals surface area contributed by atoms with Gasteiger partial charge in [-0.3, -0.25) is 9.10 Å². The first-order valence-corrected chi connectivity index (χ1v) is 13.5. The molecule has 1 unspecified atom stereocenters. The molecule has 0 bridgehead atoms. The molecule has 1 amide bonds. The van der Waals surface area contributed by atoms with Crippen LogP contribution in [-0.2, 0) is 27.7 Å². The quantitative estimate of drug-likeness (QED) is 0.458. The van der Waals surface area contributed by atoms with E-state index < -0.39 is 10.0 Å². The number of nitrogens with one attached hydrogen (secondary N) is 1. The lowest BCUT2D eigenvalue weighted by Crippen LogP contribution is -2.41. The van der Waals surface area contributed by atoms with Gasteiger partial charge in [0.25, 0.3) is 10.0 Å². The number of sulfonamides is 1. The molecule has 1 N–H and O–H groups in total. The summed E-state index contributed by atoms with van der Waals surface area (Å²) in [7, 11) is -3.97. The minimum absolute atomic E-state index is 0.136. The lowest BCUT2D eigenvalue weighted by molar-refractivity contribution is -0.120. The highest BCUT2D eigenvalue weighted by atomic mass is 32.2. The van der Waals surface area contributed by atoms with Crippen molar-refractivity contribution in [2.45, 2.75) is 51.0 Å². The van der Waals surface area contributed by atoms with Gasteiger partial charge < -0.3 is 10.1 Å². The maximum atomic E-state index is 13.6. The zero-order chi connectivity index (χ0) is 25.0. The summed E-state index contributed by atoms with van der Waals surface area (Å²) in [5.41, 5.74) is 5.08. The van der Waals surface area contributed by atoms with Crippen molar-refractivity contribution < 1.29 is 17.9 Å². The molecular weight excluding hydrogens is 460 g/mol. The van der Waals surface area contributed by atoms with Crippen molar-refractivity contribution in [3.63, 3.8) is 0 Å². The molecule has 3 aromatic rings. The second-order valence-electron chi connectivity index (χ2n) is 8.92. The zero-order valence-corrected chi connectivity index (χ0v) is 21.3. The third kappa shape index (κ3) is 5.68. The SMILES string of the molecule is CCOc1ccc(N(CC(=O)NC(C)c2ccc3c(c2)CCC3)S(=O)(=O)c2ccc(C)cc2)cc1. The number of ether oxygens (including phenoxy) is 1. The van der Waals surface area contributed by atoms with E-state index in [1.54, 1.807) is 48.5 Å². The van der Waals surface area contributed by atoms with E-state index >= 15 is 0 Å². The summed E-state index contributed by atoms with van der Waals surface area (Å²) in [6, 6.07) is 19.5. The second kappa shape index (κ2) is 10.5. The Morgan fingerprint density at radius 3 is 2.37 bits per heavy atom. The van der Waals surface area contributed by atoms with Crippen LogP contribution in [0.5, 0.6) is 5.75 Å². The second-order valence-corrected chi connectivity index (χ2v) is 10.8. The van der Waals surface area contributed by atoms with Crippen molar-refractivity contribution in [1.29, 1.82) is 0 Å². The summed E-state index contributed by atoms with van der Waals surface area (Å²) < 4.78 is 33.8. The Labute approximate surface area is 208 Å². The van der Waals surface area contributed by atoms with Crippen LogP contribution in [0.3, 0.4) is 0 Å². The van der Waals surface area contributed by atoms with Gasteiger partial charge in [0.2, 0.25) is 5.91 Å². The summed E-state index contributed by atoms with van der Waals surface area (Å²) in [6.45, 7) is 5.88. The number of benzene rings is 3.